The minimum Gasteiger partial charge on any atom is -0.358 e. The molecular formula is C19H21ClN2O3. The van der Waals surface area contributed by atoms with Crippen LogP contribution in [0.3, 0.4) is 0 Å². The molecule has 0 radical (unpaired) electrons. The van der Waals surface area contributed by atoms with Gasteiger partial charge < -0.3 is 4.98 Å². The summed E-state index contributed by atoms with van der Waals surface area (Å²) < 4.78 is 0. The Kier molecular flexibility index (Phi) is 5.23. The number of unbranched alkanes of at least 4 members (excludes halogenated alkanes) is 1. The molecule has 1 N–H and O–H groups in total. The zero-order valence-electron chi connectivity index (χ0n) is 14.2. The normalized spacial score (nSPS) is 14.2. The third-order valence-corrected chi connectivity index (χ3v) is 5.08. The Labute approximate surface area is 151 Å². The van der Waals surface area contributed by atoms with E-state index >= 15 is 0 Å². The van der Waals surface area contributed by atoms with Crippen molar-refractivity contribution in [2.45, 2.75) is 51.9 Å². The summed E-state index contributed by atoms with van der Waals surface area (Å²) in [6.45, 7) is 2.11. The highest BCUT2D eigenvalue weighted by molar-refractivity contribution is 6.33. The highest BCUT2D eigenvalue weighted by atomic mass is 35.5. The van der Waals surface area contributed by atoms with E-state index in [4.69, 9.17) is 11.6 Å². The van der Waals surface area contributed by atoms with E-state index in [-0.39, 0.29) is 11.5 Å². The topological polar surface area (TPSA) is 76.0 Å². The van der Waals surface area contributed by atoms with E-state index in [1.54, 1.807) is 6.07 Å². The van der Waals surface area contributed by atoms with Crippen molar-refractivity contribution in [1.82, 2.24) is 4.98 Å². The van der Waals surface area contributed by atoms with Crippen LogP contribution in [-0.2, 0) is 12.8 Å². The number of ketones is 1. The maximum Gasteiger partial charge on any atom is 0.270 e. The average molecular weight is 361 g/mol. The molecule has 132 valence electrons. The maximum atomic E-state index is 12.6. The van der Waals surface area contributed by atoms with Gasteiger partial charge in [0, 0.05) is 35.4 Å². The fraction of sp³-hybridized carbons (Fsp3) is 0.421. The number of hydrogen-bond donors (Lipinski definition) is 1. The van der Waals surface area contributed by atoms with Gasteiger partial charge in [0.2, 0.25) is 0 Å². The van der Waals surface area contributed by atoms with Gasteiger partial charge in [-0.1, -0.05) is 24.9 Å². The van der Waals surface area contributed by atoms with Gasteiger partial charge in [-0.25, -0.2) is 0 Å². The second kappa shape index (κ2) is 7.40. The van der Waals surface area contributed by atoms with Crippen molar-refractivity contribution in [3.8, 4) is 11.3 Å². The molecule has 2 aromatic rings. The third-order valence-electron chi connectivity index (χ3n) is 4.75. The van der Waals surface area contributed by atoms with E-state index in [1.807, 2.05) is 0 Å². The molecule has 1 aromatic heterocycles. The molecule has 0 spiro atoms. The summed E-state index contributed by atoms with van der Waals surface area (Å²) in [6, 6.07) is 4.44. The SMILES string of the molecule is CCCCc1[nH]c(-c2cc([N+](=O)[O-])ccc2Cl)c2c1C(=O)CCCC2. The second-order valence-electron chi connectivity index (χ2n) is 6.49. The van der Waals surface area contributed by atoms with Crippen molar-refractivity contribution in [3.63, 3.8) is 0 Å². The smallest absolute Gasteiger partial charge is 0.270 e. The minimum atomic E-state index is -0.426. The van der Waals surface area contributed by atoms with Crippen LogP contribution in [0.1, 0.15) is 60.6 Å². The fourth-order valence-corrected chi connectivity index (χ4v) is 3.70. The number of rotatable bonds is 5. The Morgan fingerprint density at radius 2 is 2.04 bits per heavy atom. The van der Waals surface area contributed by atoms with Gasteiger partial charge in [-0.15, -0.1) is 0 Å². The van der Waals surface area contributed by atoms with Crippen molar-refractivity contribution in [2.24, 2.45) is 0 Å². The summed E-state index contributed by atoms with van der Waals surface area (Å²) in [6.07, 6.45) is 5.99. The number of nitrogens with one attached hydrogen (secondary N) is 1. The minimum absolute atomic E-state index is 0.00203. The van der Waals surface area contributed by atoms with E-state index in [0.29, 0.717) is 17.0 Å². The van der Waals surface area contributed by atoms with Crippen LogP contribution < -0.4 is 0 Å². The highest BCUT2D eigenvalue weighted by Crippen LogP contribution is 2.38. The van der Waals surface area contributed by atoms with Crippen molar-refractivity contribution in [2.75, 3.05) is 0 Å². The highest BCUT2D eigenvalue weighted by Gasteiger charge is 2.26. The molecule has 0 saturated carbocycles. The van der Waals surface area contributed by atoms with Crippen molar-refractivity contribution in [3.05, 3.63) is 50.2 Å². The predicted molar refractivity (Wildman–Crippen MR) is 98.4 cm³/mol. The molecule has 1 aromatic carbocycles. The van der Waals surface area contributed by atoms with E-state index in [9.17, 15) is 14.9 Å². The van der Waals surface area contributed by atoms with Crippen molar-refractivity contribution in [1.29, 1.82) is 0 Å². The van der Waals surface area contributed by atoms with Crippen LogP contribution in [0, 0.1) is 10.1 Å². The van der Waals surface area contributed by atoms with Crippen LogP contribution in [-0.4, -0.2) is 15.7 Å². The summed E-state index contributed by atoms with van der Waals surface area (Å²) in [4.78, 5) is 26.7. The number of non-ortho nitro benzene ring substituents is 1. The van der Waals surface area contributed by atoms with Crippen LogP contribution in [0.25, 0.3) is 11.3 Å². The number of nitro groups is 1. The molecule has 3 rings (SSSR count). The lowest BCUT2D eigenvalue weighted by atomic mass is 9.98. The van der Waals surface area contributed by atoms with Crippen LogP contribution >= 0.6 is 11.6 Å². The number of nitrogens with zero attached hydrogens (tertiary/aromatic N) is 1. The first kappa shape index (κ1) is 17.7. The summed E-state index contributed by atoms with van der Waals surface area (Å²) in [5.74, 6) is 0.169. The summed E-state index contributed by atoms with van der Waals surface area (Å²) in [7, 11) is 0. The second-order valence-corrected chi connectivity index (χ2v) is 6.89. The molecule has 0 bridgehead atoms. The number of fused-ring (bicyclic) bond motifs is 1. The van der Waals surface area contributed by atoms with Crippen LogP contribution in [0.15, 0.2) is 18.2 Å². The Morgan fingerprint density at radius 3 is 2.76 bits per heavy atom. The lowest BCUT2D eigenvalue weighted by molar-refractivity contribution is -0.384. The van der Waals surface area contributed by atoms with Crippen LogP contribution in [0.4, 0.5) is 5.69 Å². The molecule has 0 aliphatic heterocycles. The van der Waals surface area contributed by atoms with Gasteiger partial charge in [0.1, 0.15) is 0 Å². The quantitative estimate of drug-likeness (QED) is 0.434. The number of aromatic nitrogens is 1. The largest absolute Gasteiger partial charge is 0.358 e. The average Bonchev–Trinajstić information content (AvgIpc) is 2.83. The molecule has 0 unspecified atom stereocenters. The lowest BCUT2D eigenvalue weighted by Crippen LogP contribution is -2.02. The first-order chi connectivity index (χ1) is 12.0. The number of halogens is 1. The summed E-state index contributed by atoms with van der Waals surface area (Å²) >= 11 is 6.34. The van der Waals surface area contributed by atoms with E-state index in [1.165, 1.54) is 12.1 Å². The predicted octanol–water partition coefficient (Wildman–Crippen LogP) is 5.50. The van der Waals surface area contributed by atoms with Crippen LogP contribution in [0.5, 0.6) is 0 Å². The molecule has 0 atom stereocenters. The summed E-state index contributed by atoms with van der Waals surface area (Å²) in [5, 5.41) is 11.6. The molecule has 0 fully saturated rings. The van der Waals surface area contributed by atoms with Crippen molar-refractivity contribution >= 4 is 23.1 Å². The van der Waals surface area contributed by atoms with Gasteiger partial charge in [0.25, 0.3) is 5.69 Å². The molecule has 5 nitrogen and oxygen atoms in total. The standard InChI is InChI=1S/C19H21ClN2O3/c1-2-3-7-16-18-13(6-4-5-8-17(18)23)19(21-16)14-11-12(22(24)25)9-10-15(14)20/h9-11,21H,2-8H2,1H3. The number of aryl methyl sites for hydroxylation is 1. The number of H-pyrrole nitrogens is 1. The third kappa shape index (κ3) is 3.47. The van der Waals surface area contributed by atoms with Gasteiger partial charge in [0.15, 0.2) is 5.78 Å². The molecule has 25 heavy (non-hydrogen) atoms. The Bertz CT molecular complexity index is 826. The molecule has 0 saturated heterocycles. The number of aromatic amines is 1. The van der Waals surface area contributed by atoms with Gasteiger partial charge in [-0.2, -0.15) is 0 Å². The zero-order chi connectivity index (χ0) is 18.0. The van der Waals surface area contributed by atoms with Gasteiger partial charge in [-0.3, -0.25) is 14.9 Å². The Hall–Kier alpha value is -2.14. The first-order valence-electron chi connectivity index (χ1n) is 8.74. The van der Waals surface area contributed by atoms with Crippen LogP contribution in [0.2, 0.25) is 5.02 Å². The number of benzene rings is 1. The number of Topliss-reactive ketones (excluding diaryl/α,β-unsaturated/α-hetero) is 1. The number of hydrogen-bond acceptors (Lipinski definition) is 3. The van der Waals surface area contributed by atoms with E-state index < -0.39 is 4.92 Å². The number of carbonyl (C=O) groups excluding carboxylic acids is 1. The van der Waals surface area contributed by atoms with Gasteiger partial charge in [-0.05, 0) is 43.7 Å². The summed E-state index contributed by atoms with van der Waals surface area (Å²) in [5.41, 5.74) is 4.08. The Balaban J connectivity index is 2.18. The number of carbonyl (C=O) groups is 1. The van der Waals surface area contributed by atoms with Gasteiger partial charge >= 0.3 is 0 Å². The monoisotopic (exact) mass is 360 g/mol. The molecule has 1 heterocycles. The van der Waals surface area contributed by atoms with E-state index in [0.717, 1.165) is 61.0 Å². The molecule has 6 heteroatoms. The van der Waals surface area contributed by atoms with Gasteiger partial charge in [0.05, 0.1) is 15.6 Å². The Morgan fingerprint density at radius 1 is 1.28 bits per heavy atom. The number of nitro benzene ring substituents is 1. The molecule has 1 aliphatic carbocycles. The lowest BCUT2D eigenvalue weighted by Gasteiger charge is -2.06. The first-order valence-corrected chi connectivity index (χ1v) is 9.12. The van der Waals surface area contributed by atoms with Crippen molar-refractivity contribution < 1.29 is 9.72 Å². The molecular weight excluding hydrogens is 340 g/mol. The zero-order valence-corrected chi connectivity index (χ0v) is 15.0. The molecule has 1 aliphatic rings. The fourth-order valence-electron chi connectivity index (χ4n) is 3.48. The van der Waals surface area contributed by atoms with E-state index in [2.05, 4.69) is 11.9 Å². The molecule has 0 amide bonds. The maximum absolute atomic E-state index is 12.6.